The van der Waals surface area contributed by atoms with Gasteiger partial charge in [0.1, 0.15) is 12.1 Å². The van der Waals surface area contributed by atoms with Crippen LogP contribution in [0.15, 0.2) is 42.6 Å². The Hall–Kier alpha value is -3.10. The van der Waals surface area contributed by atoms with E-state index in [-0.39, 0.29) is 29.1 Å². The molecule has 0 N–H and O–H groups in total. The number of nitrogens with zero attached hydrogens (tertiary/aromatic N) is 4. The van der Waals surface area contributed by atoms with Gasteiger partial charge in [0.05, 0.1) is 28.1 Å². The zero-order chi connectivity index (χ0) is 29.5. The van der Waals surface area contributed by atoms with Crippen molar-refractivity contribution in [2.24, 2.45) is 11.8 Å². The summed E-state index contributed by atoms with van der Waals surface area (Å²) in [5.74, 6) is 0.925. The number of piperidine rings is 1. The van der Waals surface area contributed by atoms with Gasteiger partial charge in [0, 0.05) is 44.0 Å². The summed E-state index contributed by atoms with van der Waals surface area (Å²) in [6.45, 7) is 11.6. The number of benzene rings is 1. The molecule has 1 aromatic carbocycles. The number of pyridine rings is 1. The minimum Gasteiger partial charge on any atom is -0.381 e. The monoisotopic (exact) mass is 574 g/mol. The van der Waals surface area contributed by atoms with Gasteiger partial charge in [0.25, 0.3) is 0 Å². The van der Waals surface area contributed by atoms with Gasteiger partial charge in [-0.15, -0.1) is 5.10 Å². The van der Waals surface area contributed by atoms with Crippen molar-refractivity contribution in [1.82, 2.24) is 14.8 Å². The molecule has 0 atom stereocenters. The molecule has 224 valence electrons. The molecule has 0 bridgehead atoms. The average molecular weight is 575 g/mol. The lowest BCUT2D eigenvalue weighted by molar-refractivity contribution is -0.166. The van der Waals surface area contributed by atoms with Crippen LogP contribution in [-0.4, -0.2) is 58.6 Å². The maximum absolute atomic E-state index is 15.3. The smallest absolute Gasteiger partial charge is 0.240 e. The van der Waals surface area contributed by atoms with Gasteiger partial charge in [-0.3, -0.25) is 4.68 Å². The molecule has 3 aliphatic heterocycles. The fourth-order valence-corrected chi connectivity index (χ4v) is 7.36. The Morgan fingerprint density at radius 1 is 0.952 bits per heavy atom. The van der Waals surface area contributed by atoms with Gasteiger partial charge in [0.15, 0.2) is 0 Å². The molecule has 3 aliphatic rings. The van der Waals surface area contributed by atoms with Crippen LogP contribution < -0.4 is 4.90 Å². The summed E-state index contributed by atoms with van der Waals surface area (Å²) in [7, 11) is 0. The Morgan fingerprint density at radius 2 is 1.64 bits per heavy atom. The predicted molar refractivity (Wildman–Crippen MR) is 163 cm³/mol. The van der Waals surface area contributed by atoms with Crippen LogP contribution in [0.5, 0.6) is 0 Å². The standard InChI is InChI=1S/C34H43FN4O3/c1-33(2)19-24(20-34(3,4)42-33)17-28(26-6-8-31(36-21-26)38-13-9-23(22-40)10-14-38)25-5-7-30-29(18-25)32(35)37-39(30)27-11-15-41-16-12-27/h5-8,17-18,21-24,27H,9-16,19-20H2,1-4H3. The van der Waals surface area contributed by atoms with E-state index in [1.807, 2.05) is 23.0 Å². The number of aromatic nitrogens is 3. The number of hydrogen-bond acceptors (Lipinski definition) is 6. The third-order valence-corrected chi connectivity index (χ3v) is 9.09. The summed E-state index contributed by atoms with van der Waals surface area (Å²) in [6, 6.07) is 10.4. The molecule has 3 saturated heterocycles. The van der Waals surface area contributed by atoms with E-state index >= 15 is 4.39 Å². The molecule has 6 rings (SSSR count). The predicted octanol–water partition coefficient (Wildman–Crippen LogP) is 6.75. The normalized spacial score (nSPS) is 22.5. The number of anilines is 1. The van der Waals surface area contributed by atoms with Crippen molar-refractivity contribution < 1.29 is 18.7 Å². The van der Waals surface area contributed by atoms with Crippen LogP contribution in [0.25, 0.3) is 16.5 Å². The van der Waals surface area contributed by atoms with Gasteiger partial charge in [-0.1, -0.05) is 12.1 Å². The molecule has 0 spiro atoms. The van der Waals surface area contributed by atoms with E-state index < -0.39 is 5.95 Å². The number of halogens is 1. The van der Waals surface area contributed by atoms with Crippen LogP contribution in [0.2, 0.25) is 0 Å². The topological polar surface area (TPSA) is 69.5 Å². The third kappa shape index (κ3) is 6.16. The molecule has 8 heteroatoms. The van der Waals surface area contributed by atoms with E-state index in [9.17, 15) is 4.79 Å². The number of aldehydes is 1. The first-order valence-electron chi connectivity index (χ1n) is 15.5. The largest absolute Gasteiger partial charge is 0.381 e. The molecular formula is C34H43FN4O3. The highest BCUT2D eigenvalue weighted by Gasteiger charge is 2.38. The lowest BCUT2D eigenvalue weighted by atomic mass is 9.79. The number of ether oxygens (including phenoxy) is 2. The second-order valence-corrected chi connectivity index (χ2v) is 13.5. The van der Waals surface area contributed by atoms with E-state index in [2.05, 4.69) is 62.0 Å². The highest BCUT2D eigenvalue weighted by atomic mass is 19.1. The maximum atomic E-state index is 15.3. The van der Waals surface area contributed by atoms with E-state index in [4.69, 9.17) is 14.5 Å². The van der Waals surface area contributed by atoms with E-state index in [0.717, 1.165) is 85.9 Å². The van der Waals surface area contributed by atoms with Crippen LogP contribution >= 0.6 is 0 Å². The Bertz CT molecular complexity index is 1430. The highest BCUT2D eigenvalue weighted by Crippen LogP contribution is 2.41. The van der Waals surface area contributed by atoms with E-state index in [0.29, 0.717) is 18.6 Å². The number of carbonyl (C=O) groups is 1. The van der Waals surface area contributed by atoms with Crippen LogP contribution in [-0.2, 0) is 14.3 Å². The molecule has 0 aliphatic carbocycles. The van der Waals surface area contributed by atoms with Gasteiger partial charge in [-0.2, -0.15) is 4.39 Å². The van der Waals surface area contributed by atoms with Crippen LogP contribution in [0.4, 0.5) is 10.2 Å². The zero-order valence-corrected chi connectivity index (χ0v) is 25.3. The van der Waals surface area contributed by atoms with Crippen LogP contribution in [0.1, 0.15) is 83.4 Å². The zero-order valence-electron chi connectivity index (χ0n) is 25.3. The SMILES string of the molecule is CC1(C)CC(C=C(c2ccc(N3CCC(C=O)CC3)nc2)c2ccc3c(c2)c(F)nn3C2CCOCC2)CC(C)(C)O1. The molecular weight excluding hydrogens is 531 g/mol. The van der Waals surface area contributed by atoms with Crippen molar-refractivity contribution in [3.63, 3.8) is 0 Å². The lowest BCUT2D eigenvalue weighted by Gasteiger charge is -2.45. The Balaban J connectivity index is 1.37. The number of fused-ring (bicyclic) bond motifs is 1. The highest BCUT2D eigenvalue weighted by molar-refractivity contribution is 5.88. The molecule has 3 aromatic rings. The van der Waals surface area contributed by atoms with Gasteiger partial charge >= 0.3 is 0 Å². The molecule has 0 saturated carbocycles. The number of hydrogen-bond donors (Lipinski definition) is 0. The minimum atomic E-state index is -0.432. The Kier molecular flexibility index (Phi) is 7.96. The molecule has 42 heavy (non-hydrogen) atoms. The number of rotatable bonds is 6. The first-order chi connectivity index (χ1) is 20.1. The maximum Gasteiger partial charge on any atom is 0.240 e. The van der Waals surface area contributed by atoms with Crippen molar-refractivity contribution in [2.75, 3.05) is 31.2 Å². The first kappa shape index (κ1) is 29.0. The van der Waals surface area contributed by atoms with Gasteiger partial charge < -0.3 is 19.2 Å². The summed E-state index contributed by atoms with van der Waals surface area (Å²) < 4.78 is 29.1. The van der Waals surface area contributed by atoms with Crippen LogP contribution in [0, 0.1) is 17.8 Å². The summed E-state index contributed by atoms with van der Waals surface area (Å²) in [4.78, 5) is 18.3. The second kappa shape index (κ2) is 11.5. The molecule has 0 unspecified atom stereocenters. The molecule has 3 fully saturated rings. The summed E-state index contributed by atoms with van der Waals surface area (Å²) in [5.41, 5.74) is 3.34. The van der Waals surface area contributed by atoms with Crippen molar-refractivity contribution in [2.45, 2.75) is 83.5 Å². The average Bonchev–Trinajstić information content (AvgIpc) is 3.30. The Labute approximate surface area is 248 Å². The van der Waals surface area contributed by atoms with Gasteiger partial charge in [-0.25, -0.2) is 4.98 Å². The summed E-state index contributed by atoms with van der Waals surface area (Å²) >= 11 is 0. The van der Waals surface area contributed by atoms with Crippen molar-refractivity contribution in [1.29, 1.82) is 0 Å². The second-order valence-electron chi connectivity index (χ2n) is 13.5. The molecule has 7 nitrogen and oxygen atoms in total. The quantitative estimate of drug-likeness (QED) is 0.303. The van der Waals surface area contributed by atoms with Gasteiger partial charge in [-0.05, 0) is 108 Å². The molecule has 2 aromatic heterocycles. The van der Waals surface area contributed by atoms with Crippen molar-refractivity contribution >= 4 is 28.6 Å². The van der Waals surface area contributed by atoms with Crippen molar-refractivity contribution in [3.05, 3.63) is 59.7 Å². The molecule has 0 amide bonds. The minimum absolute atomic E-state index is 0.145. The van der Waals surface area contributed by atoms with Gasteiger partial charge in [0.2, 0.25) is 5.95 Å². The molecule has 0 radical (unpaired) electrons. The first-order valence-corrected chi connectivity index (χ1v) is 15.5. The Morgan fingerprint density at radius 3 is 2.29 bits per heavy atom. The number of carbonyl (C=O) groups excluding carboxylic acids is 1. The summed E-state index contributed by atoms with van der Waals surface area (Å²) in [6.07, 6.45) is 10.6. The third-order valence-electron chi connectivity index (χ3n) is 9.09. The summed E-state index contributed by atoms with van der Waals surface area (Å²) in [5, 5.41) is 4.88. The molecule has 5 heterocycles. The van der Waals surface area contributed by atoms with Crippen molar-refractivity contribution in [3.8, 4) is 0 Å². The fraction of sp³-hybridized carbons (Fsp3) is 0.559. The van der Waals surface area contributed by atoms with E-state index in [1.165, 1.54) is 0 Å². The lowest BCUT2D eigenvalue weighted by Crippen LogP contribution is -2.44. The van der Waals surface area contributed by atoms with E-state index in [1.54, 1.807) is 0 Å². The number of allylic oxidation sites excluding steroid dienone is 1. The fourth-order valence-electron chi connectivity index (χ4n) is 7.36. The van der Waals surface area contributed by atoms with Crippen LogP contribution in [0.3, 0.4) is 0 Å².